The van der Waals surface area contributed by atoms with Gasteiger partial charge in [0.15, 0.2) is 0 Å². The van der Waals surface area contributed by atoms with Crippen LogP contribution in [0.15, 0.2) is 0 Å². The highest BCUT2D eigenvalue weighted by molar-refractivity contribution is 7.62. The Bertz CT molecular complexity index is 452. The van der Waals surface area contributed by atoms with E-state index in [2.05, 4.69) is 0 Å². The van der Waals surface area contributed by atoms with Crippen LogP contribution in [0.4, 0.5) is 0 Å². The fourth-order valence-corrected chi connectivity index (χ4v) is 14.0. The van der Waals surface area contributed by atoms with E-state index in [0.29, 0.717) is 0 Å². The molecule has 0 amide bonds. The van der Waals surface area contributed by atoms with Gasteiger partial charge in [-0.1, -0.05) is 20.8 Å². The van der Waals surface area contributed by atoms with Crippen molar-refractivity contribution in [3.05, 3.63) is 0 Å². The summed E-state index contributed by atoms with van der Waals surface area (Å²) >= 11 is -5.36. The molecule has 2 heterocycles. The van der Waals surface area contributed by atoms with Gasteiger partial charge in [-0.05, 0) is 0 Å². The average molecular weight is 378 g/mol. The highest BCUT2D eigenvalue weighted by Gasteiger charge is 2.61. The Morgan fingerprint density at radius 3 is 1.50 bits per heavy atom. The van der Waals surface area contributed by atoms with Crippen molar-refractivity contribution >= 4 is 53.1 Å². The van der Waals surface area contributed by atoms with Gasteiger partial charge in [0.2, 0.25) is 0 Å². The Kier molecular flexibility index (Phi) is 5.86. The summed E-state index contributed by atoms with van der Waals surface area (Å²) in [5.41, 5.74) is 0. The molecule has 0 aromatic carbocycles. The van der Waals surface area contributed by atoms with Crippen molar-refractivity contribution in [3.8, 4) is 0 Å². The minimum absolute atomic E-state index is 0.0618. The van der Waals surface area contributed by atoms with Gasteiger partial charge in [0.05, 0.1) is 0 Å². The summed E-state index contributed by atoms with van der Waals surface area (Å²) in [5.74, 6) is 0. The minimum Gasteiger partial charge on any atom is -0.386 e. The fourth-order valence-electron chi connectivity index (χ4n) is 1.35. The van der Waals surface area contributed by atoms with Crippen LogP contribution in [0, 0.1) is 0 Å². The van der Waals surface area contributed by atoms with E-state index in [1.807, 2.05) is 0 Å². The van der Waals surface area contributed by atoms with E-state index in [0.717, 1.165) is 0 Å². The quantitative estimate of drug-likeness (QED) is 0.488. The van der Waals surface area contributed by atoms with E-state index in [1.165, 1.54) is 0 Å². The molecule has 0 atom stereocenters. The molecule has 0 bridgehead atoms. The Morgan fingerprint density at radius 2 is 1.25 bits per heavy atom. The maximum atomic E-state index is 12.3. The van der Waals surface area contributed by atoms with Crippen molar-refractivity contribution in [1.82, 2.24) is 0 Å². The second-order valence-electron chi connectivity index (χ2n) is 3.99. The van der Waals surface area contributed by atoms with Gasteiger partial charge in [0, 0.05) is 18.5 Å². The number of rotatable bonds is 7. The van der Waals surface area contributed by atoms with Gasteiger partial charge < -0.3 is 21.5 Å². The lowest BCUT2D eigenvalue weighted by molar-refractivity contribution is 0.176. The van der Waals surface area contributed by atoms with E-state index in [4.69, 9.17) is 21.5 Å². The SMILES string of the molecule is CCP1(=O)[O][Al]([O]P(=O)(CC)[O][Al]2[O]P(=O)(CC)[O]2)[O]1. The average Bonchev–Trinajstić information content (AvgIpc) is 2.34. The van der Waals surface area contributed by atoms with Crippen molar-refractivity contribution in [2.24, 2.45) is 0 Å². The van der Waals surface area contributed by atoms with Gasteiger partial charge >= 0.3 is 30.3 Å². The standard InChI is InChI=1S/3C2H7O3P.2Al/c3*1-2-6(3,4)5;;/h3*2H2,1H3,(H2,3,4,5);;/q;;;2*+3/p-6. The molecule has 0 spiro atoms. The first-order valence-corrected chi connectivity index (χ1v) is 14.1. The summed E-state index contributed by atoms with van der Waals surface area (Å²) in [7, 11) is -9.53. The molecule has 0 radical (unpaired) electrons. The van der Waals surface area contributed by atoms with Crippen LogP contribution in [-0.4, -0.2) is 48.8 Å². The zero-order valence-corrected chi connectivity index (χ0v) is 16.3. The highest BCUT2D eigenvalue weighted by Crippen LogP contribution is 2.64. The van der Waals surface area contributed by atoms with Crippen molar-refractivity contribution in [2.75, 3.05) is 18.5 Å². The van der Waals surface area contributed by atoms with Gasteiger partial charge in [0.25, 0.3) is 22.8 Å². The second-order valence-corrected chi connectivity index (χ2v) is 15.8. The van der Waals surface area contributed by atoms with Gasteiger partial charge in [-0.25, -0.2) is 0 Å². The lowest BCUT2D eigenvalue weighted by Gasteiger charge is -2.36. The molecule has 2 fully saturated rings. The molecule has 0 saturated carbocycles. The Balaban J connectivity index is 1.84. The number of hydrogen-bond acceptors (Lipinski definition) is 9. The van der Waals surface area contributed by atoms with Crippen molar-refractivity contribution in [3.63, 3.8) is 0 Å². The summed E-state index contributed by atoms with van der Waals surface area (Å²) in [6.07, 6.45) is 0.535. The highest BCUT2D eigenvalue weighted by atomic mass is 31.2. The first-order chi connectivity index (χ1) is 9.25. The summed E-state index contributed by atoms with van der Waals surface area (Å²) in [6.45, 7) is 4.92. The third-order valence-corrected chi connectivity index (χ3v) is 16.8. The van der Waals surface area contributed by atoms with Crippen LogP contribution in [-0.2, 0) is 35.1 Å². The molecule has 2 saturated heterocycles. The van der Waals surface area contributed by atoms with E-state index < -0.39 is 53.1 Å². The van der Waals surface area contributed by atoms with Crippen molar-refractivity contribution in [2.45, 2.75) is 20.8 Å². The third kappa shape index (κ3) is 4.08. The lowest BCUT2D eigenvalue weighted by Crippen LogP contribution is -2.38. The summed E-state index contributed by atoms with van der Waals surface area (Å²) in [6, 6.07) is 0. The van der Waals surface area contributed by atoms with Crippen LogP contribution in [0.2, 0.25) is 0 Å². The molecular weight excluding hydrogens is 363 g/mol. The smallest absolute Gasteiger partial charge is 0.386 e. The summed E-state index contributed by atoms with van der Waals surface area (Å²) in [4.78, 5) is 0. The summed E-state index contributed by atoms with van der Waals surface area (Å²) < 4.78 is 65.9. The van der Waals surface area contributed by atoms with Gasteiger partial charge in [0.1, 0.15) is 0 Å². The normalized spacial score (nSPS) is 24.1. The first kappa shape index (κ1) is 17.9. The van der Waals surface area contributed by atoms with Crippen LogP contribution in [0.5, 0.6) is 0 Å². The Labute approximate surface area is 127 Å². The first-order valence-electron chi connectivity index (χ1n) is 6.13. The van der Waals surface area contributed by atoms with Crippen molar-refractivity contribution in [1.29, 1.82) is 0 Å². The van der Waals surface area contributed by atoms with E-state index in [-0.39, 0.29) is 18.5 Å². The largest absolute Gasteiger partial charge is 0.926 e. The molecule has 0 N–H and O–H groups in total. The van der Waals surface area contributed by atoms with Gasteiger partial charge in [-0.2, -0.15) is 0 Å². The Hall–Kier alpha value is 1.51. The topological polar surface area (TPSA) is 107 Å². The molecule has 9 nitrogen and oxygen atoms in total. The monoisotopic (exact) mass is 378 g/mol. The maximum absolute atomic E-state index is 12.3. The predicted molar refractivity (Wildman–Crippen MR) is 72.5 cm³/mol. The fraction of sp³-hybridized carbons (Fsp3) is 1.00. The second kappa shape index (κ2) is 6.56. The number of hydrogen-bond donors (Lipinski definition) is 0. The zero-order valence-electron chi connectivity index (χ0n) is 11.3. The third-order valence-electron chi connectivity index (χ3n) is 2.64. The molecule has 0 aromatic heterocycles. The molecule has 20 heavy (non-hydrogen) atoms. The van der Waals surface area contributed by atoms with E-state index in [9.17, 15) is 13.7 Å². The minimum atomic E-state index is -3.50. The van der Waals surface area contributed by atoms with E-state index in [1.54, 1.807) is 20.8 Å². The predicted octanol–water partition coefficient (Wildman–Crippen LogP) is 2.72. The van der Waals surface area contributed by atoms with Crippen molar-refractivity contribution < 1.29 is 35.1 Å². The molecule has 0 unspecified atom stereocenters. The molecule has 2 rings (SSSR count). The molecule has 14 heteroatoms. The molecular formula is C6H15Al2O9P3. The summed E-state index contributed by atoms with van der Waals surface area (Å²) in [5, 5.41) is 0. The van der Waals surface area contributed by atoms with Crippen LogP contribution >= 0.6 is 22.8 Å². The van der Waals surface area contributed by atoms with Crippen LogP contribution in [0.1, 0.15) is 20.8 Å². The lowest BCUT2D eigenvalue weighted by atomic mass is 11.0. The van der Waals surface area contributed by atoms with Gasteiger partial charge in [-0.15, -0.1) is 0 Å². The zero-order chi connectivity index (χ0) is 15.0. The molecule has 0 aliphatic carbocycles. The maximum Gasteiger partial charge on any atom is 0.926 e. The molecule has 2 aliphatic rings. The van der Waals surface area contributed by atoms with E-state index >= 15 is 0 Å². The van der Waals surface area contributed by atoms with Crippen LogP contribution in [0.25, 0.3) is 0 Å². The van der Waals surface area contributed by atoms with Crippen LogP contribution in [0.3, 0.4) is 0 Å². The van der Waals surface area contributed by atoms with Crippen LogP contribution < -0.4 is 0 Å². The molecule has 0 aromatic rings. The van der Waals surface area contributed by atoms with Gasteiger partial charge in [-0.3, -0.25) is 13.7 Å². The Morgan fingerprint density at radius 1 is 0.900 bits per heavy atom. The molecule has 114 valence electrons. The molecule has 2 aliphatic heterocycles.